The van der Waals surface area contributed by atoms with Gasteiger partial charge in [-0.3, -0.25) is 0 Å². The molecular weight excluding hydrogens is 260 g/mol. The van der Waals surface area contributed by atoms with Crippen molar-refractivity contribution in [3.8, 4) is 5.75 Å². The van der Waals surface area contributed by atoms with Crippen LogP contribution in [0.3, 0.4) is 0 Å². The Bertz CT molecular complexity index is 340. The molecule has 0 N–H and O–H groups in total. The van der Waals surface area contributed by atoms with E-state index in [1.54, 1.807) is 26.4 Å². The third-order valence-electron chi connectivity index (χ3n) is 1.88. The molecule has 1 rings (SSSR count). The molecule has 120 valence electrons. The average Bonchev–Trinajstić information content (AvgIpc) is 2.59. The Morgan fingerprint density at radius 1 is 1.00 bits per heavy atom. The number of hydrogen-bond donors (Lipinski definition) is 0. The van der Waals surface area contributed by atoms with Gasteiger partial charge in [-0.2, -0.15) is 0 Å². The molecule has 1 aromatic rings. The predicted molar refractivity (Wildman–Crippen MR) is 96.0 cm³/mol. The normalized spacial score (nSPS) is 8.57. The first-order valence-corrected chi connectivity index (χ1v) is 7.30. The summed E-state index contributed by atoms with van der Waals surface area (Å²) in [6.45, 7) is 15.8. The minimum Gasteiger partial charge on any atom is -0.497 e. The summed E-state index contributed by atoms with van der Waals surface area (Å²) in [7, 11) is 3.32. The summed E-state index contributed by atoms with van der Waals surface area (Å²) in [6, 6.07) is 9.68. The van der Waals surface area contributed by atoms with Crippen molar-refractivity contribution in [1.82, 2.24) is 0 Å². The number of rotatable bonds is 5. The van der Waals surface area contributed by atoms with Crippen LogP contribution in [-0.4, -0.2) is 20.8 Å². The van der Waals surface area contributed by atoms with Crippen LogP contribution in [-0.2, 0) is 4.74 Å². The van der Waals surface area contributed by atoms with E-state index in [1.807, 2.05) is 64.1 Å². The van der Waals surface area contributed by atoms with E-state index in [0.29, 0.717) is 6.61 Å². The highest BCUT2D eigenvalue weighted by atomic mass is 16.5. The molecule has 0 saturated carbocycles. The molecule has 0 aliphatic rings. The Hall–Kier alpha value is -1.80. The van der Waals surface area contributed by atoms with Crippen molar-refractivity contribution in [3.05, 3.63) is 67.3 Å². The molecule has 0 saturated heterocycles. The minimum atomic E-state index is 0.607. The molecule has 21 heavy (non-hydrogen) atoms. The lowest BCUT2D eigenvalue weighted by Gasteiger charge is -1.95. The van der Waals surface area contributed by atoms with Crippen LogP contribution in [0.2, 0.25) is 0 Å². The summed E-state index contributed by atoms with van der Waals surface area (Å²) >= 11 is 0. The van der Waals surface area contributed by atoms with Crippen molar-refractivity contribution in [2.24, 2.45) is 0 Å². The number of methoxy groups -OCH3 is 2. The Morgan fingerprint density at radius 3 is 1.81 bits per heavy atom. The molecule has 0 aliphatic heterocycles. The molecule has 0 aromatic heterocycles. The second-order valence-corrected chi connectivity index (χ2v) is 3.13. The molecule has 0 aliphatic carbocycles. The summed E-state index contributed by atoms with van der Waals surface area (Å²) in [6.07, 6.45) is 5.34. The molecule has 0 heterocycles. The van der Waals surface area contributed by atoms with Crippen molar-refractivity contribution < 1.29 is 9.47 Å². The van der Waals surface area contributed by atoms with Gasteiger partial charge in [-0.15, -0.1) is 0 Å². The summed E-state index contributed by atoms with van der Waals surface area (Å²) in [5.41, 5.74) is 1.05. The fraction of sp³-hybridized carbons (Fsp3) is 0.368. The number of benzene rings is 1. The van der Waals surface area contributed by atoms with Crippen LogP contribution in [0.4, 0.5) is 0 Å². The number of allylic oxidation sites excluding steroid dienone is 2. The van der Waals surface area contributed by atoms with Crippen LogP contribution in [0.25, 0.3) is 0 Å². The zero-order valence-corrected chi connectivity index (χ0v) is 14.6. The van der Waals surface area contributed by atoms with Gasteiger partial charge < -0.3 is 9.47 Å². The van der Waals surface area contributed by atoms with Gasteiger partial charge >= 0.3 is 0 Å². The molecule has 1 aromatic carbocycles. The molecule has 0 radical (unpaired) electrons. The zero-order valence-electron chi connectivity index (χ0n) is 14.6. The standard InChI is InChI=1S/C8H12O.C7H8O.2C2H6/c1-4-6-8(5-2)7-9-3;1-8-7-5-3-2-4-6-7;2*1-2/h4-6H,1-2,7H2,3H3;2-6H,1H3;2*1-2H3/b8-6+;;;. The second-order valence-electron chi connectivity index (χ2n) is 3.13. The first kappa shape index (κ1) is 24.2. The van der Waals surface area contributed by atoms with E-state index < -0.39 is 0 Å². The molecule has 0 amide bonds. The van der Waals surface area contributed by atoms with Crippen molar-refractivity contribution in [1.29, 1.82) is 0 Å². The first-order chi connectivity index (χ1) is 10.3. The van der Waals surface area contributed by atoms with Crippen molar-refractivity contribution in [3.63, 3.8) is 0 Å². The van der Waals surface area contributed by atoms with Crippen LogP contribution >= 0.6 is 0 Å². The van der Waals surface area contributed by atoms with Gasteiger partial charge in [0.05, 0.1) is 13.7 Å². The smallest absolute Gasteiger partial charge is 0.118 e. The lowest BCUT2D eigenvalue weighted by atomic mass is 10.2. The quantitative estimate of drug-likeness (QED) is 0.650. The Kier molecular flexibility index (Phi) is 26.9. The highest BCUT2D eigenvalue weighted by Gasteiger charge is 1.84. The summed E-state index contributed by atoms with van der Waals surface area (Å²) in [4.78, 5) is 0. The van der Waals surface area contributed by atoms with Gasteiger partial charge in [0.2, 0.25) is 0 Å². The minimum absolute atomic E-state index is 0.607. The molecule has 0 unspecified atom stereocenters. The van der Waals surface area contributed by atoms with Gasteiger partial charge in [0, 0.05) is 7.11 Å². The van der Waals surface area contributed by atoms with Gasteiger partial charge in [-0.1, -0.05) is 77.3 Å². The van der Waals surface area contributed by atoms with Crippen molar-refractivity contribution in [2.75, 3.05) is 20.8 Å². The summed E-state index contributed by atoms with van der Waals surface area (Å²) < 4.78 is 9.77. The lowest BCUT2D eigenvalue weighted by Crippen LogP contribution is -1.89. The molecule has 0 bridgehead atoms. The maximum Gasteiger partial charge on any atom is 0.118 e. The summed E-state index contributed by atoms with van der Waals surface area (Å²) in [5.74, 6) is 0.910. The Balaban J connectivity index is -0.000000250. The predicted octanol–water partition coefficient (Wildman–Crippen LogP) is 5.68. The highest BCUT2D eigenvalue weighted by molar-refractivity contribution is 5.21. The Labute approximate surface area is 131 Å². The fourth-order valence-corrected chi connectivity index (χ4v) is 1.05. The summed E-state index contributed by atoms with van der Waals surface area (Å²) in [5, 5.41) is 0. The van der Waals surface area contributed by atoms with Crippen LogP contribution in [0, 0.1) is 0 Å². The van der Waals surface area contributed by atoms with Gasteiger partial charge in [0.25, 0.3) is 0 Å². The van der Waals surface area contributed by atoms with E-state index in [1.165, 1.54) is 0 Å². The average molecular weight is 292 g/mol. The van der Waals surface area contributed by atoms with E-state index >= 15 is 0 Å². The highest BCUT2D eigenvalue weighted by Crippen LogP contribution is 2.05. The Morgan fingerprint density at radius 2 is 1.52 bits per heavy atom. The van der Waals surface area contributed by atoms with Crippen LogP contribution in [0.1, 0.15) is 27.7 Å². The molecular formula is C19H32O2. The topological polar surface area (TPSA) is 18.5 Å². The SMILES string of the molecule is C=C/C=C(\C=C)COC.CC.CC.COc1ccccc1. The number of para-hydroxylation sites is 1. The van der Waals surface area contributed by atoms with E-state index in [-0.39, 0.29) is 0 Å². The number of ether oxygens (including phenoxy) is 2. The third-order valence-corrected chi connectivity index (χ3v) is 1.88. The van der Waals surface area contributed by atoms with E-state index in [0.717, 1.165) is 11.3 Å². The number of hydrogen-bond acceptors (Lipinski definition) is 2. The molecule has 0 fully saturated rings. The van der Waals surface area contributed by atoms with Crippen LogP contribution in [0.15, 0.2) is 67.3 Å². The van der Waals surface area contributed by atoms with E-state index in [4.69, 9.17) is 9.47 Å². The van der Waals surface area contributed by atoms with Gasteiger partial charge in [-0.25, -0.2) is 0 Å². The maximum absolute atomic E-state index is 4.91. The van der Waals surface area contributed by atoms with Crippen molar-refractivity contribution in [2.45, 2.75) is 27.7 Å². The molecule has 0 spiro atoms. The van der Waals surface area contributed by atoms with Crippen molar-refractivity contribution >= 4 is 0 Å². The third kappa shape index (κ3) is 18.2. The van der Waals surface area contributed by atoms with Gasteiger partial charge in [-0.05, 0) is 17.7 Å². The largest absolute Gasteiger partial charge is 0.497 e. The van der Waals surface area contributed by atoms with E-state index in [9.17, 15) is 0 Å². The second kappa shape index (κ2) is 23.3. The molecule has 0 atom stereocenters. The van der Waals surface area contributed by atoms with Gasteiger partial charge in [0.15, 0.2) is 0 Å². The first-order valence-electron chi connectivity index (χ1n) is 7.30. The monoisotopic (exact) mass is 292 g/mol. The maximum atomic E-state index is 4.91. The molecule has 2 nitrogen and oxygen atoms in total. The zero-order chi connectivity index (χ0) is 16.9. The van der Waals surface area contributed by atoms with Crippen LogP contribution < -0.4 is 4.74 Å². The van der Waals surface area contributed by atoms with Crippen LogP contribution in [0.5, 0.6) is 5.75 Å². The van der Waals surface area contributed by atoms with E-state index in [2.05, 4.69) is 13.2 Å². The lowest BCUT2D eigenvalue weighted by molar-refractivity contribution is 0.228. The molecule has 2 heteroatoms. The fourth-order valence-electron chi connectivity index (χ4n) is 1.05. The van der Waals surface area contributed by atoms with Gasteiger partial charge in [0.1, 0.15) is 5.75 Å².